The fourth-order valence-corrected chi connectivity index (χ4v) is 2.29. The second-order valence-corrected chi connectivity index (χ2v) is 4.51. The Balaban J connectivity index is 2.04. The van der Waals surface area contributed by atoms with Gasteiger partial charge < -0.3 is 5.11 Å². The van der Waals surface area contributed by atoms with Crippen LogP contribution in [0.15, 0.2) is 36.4 Å². The molecule has 0 spiro atoms. The Morgan fingerprint density at radius 1 is 1.00 bits per heavy atom. The zero-order valence-electron chi connectivity index (χ0n) is 9.89. The first-order valence-electron chi connectivity index (χ1n) is 6.06. The molecule has 3 nitrogen and oxygen atoms in total. The largest absolute Gasteiger partial charge is 0.508 e. The van der Waals surface area contributed by atoms with E-state index in [4.69, 9.17) is 0 Å². The number of hydrogen-bond donors (Lipinski definition) is 1. The Kier molecular flexibility index (Phi) is 2.59. The van der Waals surface area contributed by atoms with Crippen molar-refractivity contribution in [3.63, 3.8) is 0 Å². The van der Waals surface area contributed by atoms with E-state index in [2.05, 4.69) is 4.98 Å². The monoisotopic (exact) mass is 239 g/mol. The Morgan fingerprint density at radius 2 is 1.78 bits per heavy atom. The van der Waals surface area contributed by atoms with E-state index in [1.54, 1.807) is 12.1 Å². The van der Waals surface area contributed by atoms with E-state index in [1.807, 2.05) is 24.3 Å². The van der Waals surface area contributed by atoms with Crippen molar-refractivity contribution in [3.8, 4) is 17.0 Å². The van der Waals surface area contributed by atoms with Crippen molar-refractivity contribution in [3.05, 3.63) is 47.7 Å². The smallest absolute Gasteiger partial charge is 0.164 e. The first kappa shape index (κ1) is 11.0. The van der Waals surface area contributed by atoms with Crippen LogP contribution in [0.5, 0.6) is 5.75 Å². The molecule has 0 fully saturated rings. The van der Waals surface area contributed by atoms with Gasteiger partial charge in [0.1, 0.15) is 5.75 Å². The lowest BCUT2D eigenvalue weighted by molar-refractivity contribution is 0.0971. The molecule has 0 aliphatic heterocycles. The van der Waals surface area contributed by atoms with Crippen LogP contribution in [0.1, 0.15) is 28.9 Å². The first-order chi connectivity index (χ1) is 8.74. The minimum atomic E-state index is 0.195. The molecule has 0 saturated heterocycles. The van der Waals surface area contributed by atoms with Crippen molar-refractivity contribution < 1.29 is 9.90 Å². The highest BCUT2D eigenvalue weighted by molar-refractivity contribution is 5.98. The normalized spacial score (nSPS) is 14.3. The zero-order chi connectivity index (χ0) is 12.5. The van der Waals surface area contributed by atoms with Crippen LogP contribution >= 0.6 is 0 Å². The van der Waals surface area contributed by atoms with Gasteiger partial charge in [0.15, 0.2) is 5.78 Å². The van der Waals surface area contributed by atoms with Crippen LogP contribution in [-0.2, 0) is 6.42 Å². The Labute approximate surface area is 105 Å². The highest BCUT2D eigenvalue weighted by Gasteiger charge is 2.18. The van der Waals surface area contributed by atoms with E-state index in [0.29, 0.717) is 6.42 Å². The van der Waals surface area contributed by atoms with Gasteiger partial charge in [-0.1, -0.05) is 0 Å². The summed E-state index contributed by atoms with van der Waals surface area (Å²) in [5.74, 6) is 0.438. The van der Waals surface area contributed by atoms with Crippen LogP contribution in [0.2, 0.25) is 0 Å². The lowest BCUT2D eigenvalue weighted by atomic mass is 9.94. The molecule has 1 aromatic carbocycles. The molecular formula is C15H13NO2. The lowest BCUT2D eigenvalue weighted by Crippen LogP contribution is -2.12. The summed E-state index contributed by atoms with van der Waals surface area (Å²) in [6.07, 6.45) is 2.39. The van der Waals surface area contributed by atoms with Crippen molar-refractivity contribution in [1.29, 1.82) is 0 Å². The molecule has 18 heavy (non-hydrogen) atoms. The number of Topliss-reactive ketones (excluding diaryl/α,β-unsaturated/α-hetero) is 1. The van der Waals surface area contributed by atoms with Crippen LogP contribution in [0.4, 0.5) is 0 Å². The summed E-state index contributed by atoms with van der Waals surface area (Å²) in [6, 6.07) is 10.7. The summed E-state index contributed by atoms with van der Waals surface area (Å²) >= 11 is 0. The molecule has 0 bridgehead atoms. The number of phenolic OH excluding ortho intramolecular Hbond substituents is 1. The third kappa shape index (κ3) is 1.88. The second-order valence-electron chi connectivity index (χ2n) is 4.51. The molecule has 0 amide bonds. The molecule has 2 aromatic rings. The Morgan fingerprint density at radius 3 is 2.56 bits per heavy atom. The molecule has 0 atom stereocenters. The fourth-order valence-electron chi connectivity index (χ4n) is 2.29. The van der Waals surface area contributed by atoms with E-state index in [-0.39, 0.29) is 11.5 Å². The Bertz CT molecular complexity index is 602. The summed E-state index contributed by atoms with van der Waals surface area (Å²) in [4.78, 5) is 16.3. The van der Waals surface area contributed by atoms with Crippen molar-refractivity contribution >= 4 is 5.78 Å². The number of pyridine rings is 1. The maximum absolute atomic E-state index is 11.7. The predicted octanol–water partition coefficient (Wildman–Crippen LogP) is 2.97. The molecule has 3 rings (SSSR count). The van der Waals surface area contributed by atoms with Gasteiger partial charge in [-0.2, -0.15) is 0 Å². The maximum Gasteiger partial charge on any atom is 0.164 e. The summed E-state index contributed by atoms with van der Waals surface area (Å²) in [6.45, 7) is 0. The second kappa shape index (κ2) is 4.26. The summed E-state index contributed by atoms with van der Waals surface area (Å²) in [5, 5.41) is 9.27. The molecule has 1 aliphatic rings. The molecule has 1 heterocycles. The number of phenols is 1. The standard InChI is InChI=1S/C15H13NO2/c17-11-6-4-10(5-7-11)13-9-8-12-14(16-13)2-1-3-15(12)18/h4-9,17H,1-3H2. The minimum absolute atomic E-state index is 0.195. The number of ketones is 1. The average molecular weight is 239 g/mol. The number of carbonyl (C=O) groups is 1. The van der Waals surface area contributed by atoms with E-state index < -0.39 is 0 Å². The quantitative estimate of drug-likeness (QED) is 0.832. The van der Waals surface area contributed by atoms with Crippen LogP contribution in [0.25, 0.3) is 11.3 Å². The minimum Gasteiger partial charge on any atom is -0.508 e. The highest BCUT2D eigenvalue weighted by atomic mass is 16.3. The Hall–Kier alpha value is -2.16. The molecule has 1 N–H and O–H groups in total. The van der Waals surface area contributed by atoms with E-state index >= 15 is 0 Å². The highest BCUT2D eigenvalue weighted by Crippen LogP contribution is 2.25. The molecular weight excluding hydrogens is 226 g/mol. The number of benzene rings is 1. The number of hydrogen-bond acceptors (Lipinski definition) is 3. The van der Waals surface area contributed by atoms with Crippen LogP contribution in [0, 0.1) is 0 Å². The summed E-state index contributed by atoms with van der Waals surface area (Å²) in [5.41, 5.74) is 3.47. The number of aromatic nitrogens is 1. The van der Waals surface area contributed by atoms with Crippen LogP contribution in [-0.4, -0.2) is 15.9 Å². The zero-order valence-corrected chi connectivity index (χ0v) is 9.89. The van der Waals surface area contributed by atoms with Gasteiger partial charge in [-0.05, 0) is 49.2 Å². The molecule has 90 valence electrons. The topological polar surface area (TPSA) is 50.2 Å². The van der Waals surface area contributed by atoms with Gasteiger partial charge >= 0.3 is 0 Å². The number of aromatic hydroxyl groups is 1. The molecule has 0 saturated carbocycles. The van der Waals surface area contributed by atoms with Crippen molar-refractivity contribution in [2.24, 2.45) is 0 Å². The lowest BCUT2D eigenvalue weighted by Gasteiger charge is -2.14. The first-order valence-corrected chi connectivity index (χ1v) is 6.06. The number of aryl methyl sites for hydroxylation is 1. The molecule has 0 radical (unpaired) electrons. The third-order valence-corrected chi connectivity index (χ3v) is 3.26. The summed E-state index contributed by atoms with van der Waals surface area (Å²) in [7, 11) is 0. The van der Waals surface area contributed by atoms with Gasteiger partial charge in [0.2, 0.25) is 0 Å². The fraction of sp³-hybridized carbons (Fsp3) is 0.200. The number of fused-ring (bicyclic) bond motifs is 1. The van der Waals surface area contributed by atoms with Crippen LogP contribution in [0.3, 0.4) is 0 Å². The van der Waals surface area contributed by atoms with Crippen molar-refractivity contribution in [1.82, 2.24) is 4.98 Å². The number of carbonyl (C=O) groups excluding carboxylic acids is 1. The van der Waals surface area contributed by atoms with E-state index in [1.165, 1.54) is 0 Å². The van der Waals surface area contributed by atoms with Crippen molar-refractivity contribution in [2.45, 2.75) is 19.3 Å². The molecule has 3 heteroatoms. The third-order valence-electron chi connectivity index (χ3n) is 3.26. The van der Waals surface area contributed by atoms with Gasteiger partial charge in [-0.15, -0.1) is 0 Å². The molecule has 1 aromatic heterocycles. The predicted molar refractivity (Wildman–Crippen MR) is 68.6 cm³/mol. The van der Waals surface area contributed by atoms with Crippen molar-refractivity contribution in [2.75, 3.05) is 0 Å². The SMILES string of the molecule is O=C1CCCc2nc(-c3ccc(O)cc3)ccc21. The summed E-state index contributed by atoms with van der Waals surface area (Å²) < 4.78 is 0. The molecule has 0 unspecified atom stereocenters. The van der Waals surface area contributed by atoms with Gasteiger partial charge in [0.25, 0.3) is 0 Å². The maximum atomic E-state index is 11.7. The van der Waals surface area contributed by atoms with E-state index in [0.717, 1.165) is 35.4 Å². The number of rotatable bonds is 1. The van der Waals surface area contributed by atoms with Crippen LogP contribution < -0.4 is 0 Å². The molecule has 1 aliphatic carbocycles. The average Bonchev–Trinajstić information content (AvgIpc) is 2.39. The van der Waals surface area contributed by atoms with E-state index in [9.17, 15) is 9.90 Å². The van der Waals surface area contributed by atoms with Gasteiger partial charge in [0.05, 0.1) is 11.4 Å². The van der Waals surface area contributed by atoms with Gasteiger partial charge in [-0.3, -0.25) is 9.78 Å². The van der Waals surface area contributed by atoms with Gasteiger partial charge in [-0.25, -0.2) is 0 Å². The number of nitrogens with zero attached hydrogens (tertiary/aromatic N) is 1. The van der Waals surface area contributed by atoms with Gasteiger partial charge in [0, 0.05) is 17.5 Å².